The molecule has 0 aromatic heterocycles. The van der Waals surface area contributed by atoms with E-state index < -0.39 is 5.60 Å². The van der Waals surface area contributed by atoms with Crippen LogP contribution in [0.2, 0.25) is 0 Å². The molecule has 4 spiro atoms. The van der Waals surface area contributed by atoms with Gasteiger partial charge in [0.2, 0.25) is 0 Å². The third-order valence-corrected chi connectivity index (χ3v) is 12.2. The number of ether oxygens (including phenoxy) is 4. The van der Waals surface area contributed by atoms with Crippen LogP contribution in [0.3, 0.4) is 0 Å². The molecular weight excluding hydrogens is 474 g/mol. The van der Waals surface area contributed by atoms with Crippen molar-refractivity contribution in [2.45, 2.75) is 80.6 Å². The molecule has 8 atom stereocenters. The average Bonchev–Trinajstić information content (AvgIpc) is 3.26. The maximum atomic E-state index is 7.31. The number of benzene rings is 2. The first kappa shape index (κ1) is 22.5. The molecule has 4 bridgehead atoms. The largest absolute Gasteiger partial charge is 0.490 e. The summed E-state index contributed by atoms with van der Waals surface area (Å²) in [7, 11) is 2.34. The van der Waals surface area contributed by atoms with Crippen molar-refractivity contribution in [1.82, 2.24) is 4.90 Å². The standard InChI is InChI=1S/C33H37NO4/c1-4-5-17-35-23-12-11-22-18-24-30-13-14-33(28-31(30,15-16-34(24)3)25(22)26(23)38-28)32(19-30)27(21-9-7-6-8-10-21)29(32,2)36-20-37-33/h6-14,24,27-28H,4-5,15-20H2,1-3H3/t24-,27?,28-,29+,30-,31+,32+,33+/m1/s1. The molecule has 2 aromatic rings. The van der Waals surface area contributed by atoms with Crippen LogP contribution in [-0.4, -0.2) is 55.2 Å². The minimum Gasteiger partial charge on any atom is -0.490 e. The highest BCUT2D eigenvalue weighted by molar-refractivity contribution is 5.68. The zero-order valence-electron chi connectivity index (χ0n) is 22.7. The van der Waals surface area contributed by atoms with Crippen molar-refractivity contribution in [2.24, 2.45) is 10.8 Å². The second-order valence-electron chi connectivity index (χ2n) is 13.2. The zero-order chi connectivity index (χ0) is 25.5. The molecule has 5 heteroatoms. The van der Waals surface area contributed by atoms with Gasteiger partial charge in [0.1, 0.15) is 18.5 Å². The molecule has 5 aliphatic carbocycles. The van der Waals surface area contributed by atoms with Crippen molar-refractivity contribution in [1.29, 1.82) is 0 Å². The van der Waals surface area contributed by atoms with Crippen molar-refractivity contribution in [3.63, 3.8) is 0 Å². The van der Waals surface area contributed by atoms with Crippen LogP contribution in [0.1, 0.15) is 62.1 Å². The van der Waals surface area contributed by atoms with Crippen LogP contribution in [0.25, 0.3) is 0 Å². The molecule has 10 rings (SSSR count). The first-order valence-corrected chi connectivity index (χ1v) is 14.7. The average molecular weight is 512 g/mol. The van der Waals surface area contributed by atoms with Crippen LogP contribution in [-0.2, 0) is 21.3 Å². The maximum absolute atomic E-state index is 7.31. The van der Waals surface area contributed by atoms with Gasteiger partial charge >= 0.3 is 0 Å². The van der Waals surface area contributed by atoms with Crippen LogP contribution in [0.5, 0.6) is 11.5 Å². The molecule has 3 aliphatic heterocycles. The first-order chi connectivity index (χ1) is 18.5. The lowest BCUT2D eigenvalue weighted by molar-refractivity contribution is -0.309. The Kier molecular flexibility index (Phi) is 4.06. The smallest absolute Gasteiger partial charge is 0.166 e. The normalized spacial score (nSPS) is 46.1. The van der Waals surface area contributed by atoms with Gasteiger partial charge in [0.25, 0.3) is 0 Å². The minimum absolute atomic E-state index is 0.0262. The summed E-state index contributed by atoms with van der Waals surface area (Å²) in [6, 6.07) is 16.0. The van der Waals surface area contributed by atoms with Gasteiger partial charge in [0, 0.05) is 28.4 Å². The number of unbranched alkanes of at least 4 members (excludes halogenated alkanes) is 1. The van der Waals surface area contributed by atoms with Crippen molar-refractivity contribution >= 4 is 0 Å². The number of hydrogen-bond donors (Lipinski definition) is 0. The van der Waals surface area contributed by atoms with Gasteiger partial charge in [-0.15, -0.1) is 0 Å². The molecule has 2 saturated carbocycles. The van der Waals surface area contributed by atoms with Crippen molar-refractivity contribution in [3.8, 4) is 11.5 Å². The van der Waals surface area contributed by atoms with E-state index in [1.807, 2.05) is 0 Å². The Morgan fingerprint density at radius 3 is 2.79 bits per heavy atom. The molecule has 5 nitrogen and oxygen atoms in total. The molecule has 0 amide bonds. The molecule has 2 aromatic carbocycles. The van der Waals surface area contributed by atoms with Crippen molar-refractivity contribution < 1.29 is 18.9 Å². The molecule has 0 N–H and O–H groups in total. The number of likely N-dealkylation sites (tertiary alicyclic amines) is 1. The van der Waals surface area contributed by atoms with Gasteiger partial charge in [-0.25, -0.2) is 0 Å². The summed E-state index contributed by atoms with van der Waals surface area (Å²) >= 11 is 0. The van der Waals surface area contributed by atoms with E-state index in [2.05, 4.69) is 80.4 Å². The van der Waals surface area contributed by atoms with Crippen molar-refractivity contribution in [2.75, 3.05) is 27.0 Å². The number of likely N-dealkylation sites (N-methyl/N-ethyl adjacent to an activating group) is 1. The Labute approximate surface area is 225 Å². The SMILES string of the molecule is CCCCOc1ccc2c3c1O[C@H]1[C@@]45C=C[C@@]6(C[C@@]47C(c4ccccc4)[C@]7(C)OCO5)[C@@H](C2)N(C)CC[C@]316. The van der Waals surface area contributed by atoms with Gasteiger partial charge in [-0.1, -0.05) is 61.9 Å². The summed E-state index contributed by atoms with van der Waals surface area (Å²) in [5, 5.41) is 0. The molecule has 1 unspecified atom stereocenters. The Hall–Kier alpha value is -2.34. The quantitative estimate of drug-likeness (QED) is 0.399. The monoisotopic (exact) mass is 511 g/mol. The number of nitrogens with zero attached hydrogens (tertiary/aromatic N) is 1. The van der Waals surface area contributed by atoms with Gasteiger partial charge < -0.3 is 23.8 Å². The van der Waals surface area contributed by atoms with Crippen LogP contribution >= 0.6 is 0 Å². The molecule has 8 aliphatic rings. The van der Waals surface area contributed by atoms with E-state index in [0.29, 0.717) is 12.8 Å². The fourth-order valence-corrected chi connectivity index (χ4v) is 10.8. The Bertz CT molecular complexity index is 1390. The van der Waals surface area contributed by atoms with E-state index in [9.17, 15) is 0 Å². The highest BCUT2D eigenvalue weighted by atomic mass is 16.7. The number of rotatable bonds is 5. The Morgan fingerprint density at radius 2 is 1.95 bits per heavy atom. The highest BCUT2D eigenvalue weighted by Crippen LogP contribution is 2.89. The van der Waals surface area contributed by atoms with E-state index in [0.717, 1.165) is 56.8 Å². The fraction of sp³-hybridized carbons (Fsp3) is 0.576. The first-order valence-electron chi connectivity index (χ1n) is 14.7. The lowest BCUT2D eigenvalue weighted by Crippen LogP contribution is -2.81. The van der Waals surface area contributed by atoms with Crippen LogP contribution in [0.15, 0.2) is 54.6 Å². The van der Waals surface area contributed by atoms with E-state index in [1.54, 1.807) is 0 Å². The second-order valence-corrected chi connectivity index (χ2v) is 13.2. The van der Waals surface area contributed by atoms with Crippen LogP contribution in [0.4, 0.5) is 0 Å². The van der Waals surface area contributed by atoms with E-state index in [-0.39, 0.29) is 33.9 Å². The minimum atomic E-state index is -0.531. The van der Waals surface area contributed by atoms with Gasteiger partial charge in [-0.05, 0) is 63.4 Å². The summed E-state index contributed by atoms with van der Waals surface area (Å²) in [6.07, 6.45) is 10.3. The van der Waals surface area contributed by atoms with Crippen molar-refractivity contribution in [3.05, 3.63) is 71.3 Å². The molecule has 0 radical (unpaired) electrons. The Balaban J connectivity index is 1.29. The van der Waals surface area contributed by atoms with Gasteiger partial charge in [-0.2, -0.15) is 0 Å². The maximum Gasteiger partial charge on any atom is 0.166 e. The van der Waals surface area contributed by atoms with Gasteiger partial charge in [0.05, 0.1) is 17.6 Å². The summed E-state index contributed by atoms with van der Waals surface area (Å²) in [5.74, 6) is 2.20. The third kappa shape index (κ3) is 2.07. The van der Waals surface area contributed by atoms with Crippen LogP contribution < -0.4 is 9.47 Å². The van der Waals surface area contributed by atoms with E-state index in [1.165, 1.54) is 16.7 Å². The molecule has 2 saturated heterocycles. The molecule has 38 heavy (non-hydrogen) atoms. The number of hydrogen-bond acceptors (Lipinski definition) is 5. The molecule has 4 fully saturated rings. The van der Waals surface area contributed by atoms with Gasteiger partial charge in [0.15, 0.2) is 11.5 Å². The summed E-state index contributed by atoms with van der Waals surface area (Å²) < 4.78 is 27.3. The molecular formula is C33H37NO4. The highest BCUT2D eigenvalue weighted by Gasteiger charge is 2.94. The molecule has 3 heterocycles. The van der Waals surface area contributed by atoms with Crippen LogP contribution in [0, 0.1) is 10.8 Å². The molecule has 198 valence electrons. The van der Waals surface area contributed by atoms with Gasteiger partial charge in [-0.3, -0.25) is 0 Å². The fourth-order valence-electron chi connectivity index (χ4n) is 10.8. The number of piperidine rings is 1. The topological polar surface area (TPSA) is 40.2 Å². The predicted octanol–water partition coefficient (Wildman–Crippen LogP) is 5.37. The van der Waals surface area contributed by atoms with E-state index >= 15 is 0 Å². The summed E-state index contributed by atoms with van der Waals surface area (Å²) in [5.41, 5.74) is 3.15. The second kappa shape index (κ2) is 6.86. The summed E-state index contributed by atoms with van der Waals surface area (Å²) in [6.45, 7) is 6.68. The lowest BCUT2D eigenvalue weighted by atomic mass is 9.35. The summed E-state index contributed by atoms with van der Waals surface area (Å²) in [4.78, 5) is 2.63. The zero-order valence-corrected chi connectivity index (χ0v) is 22.7. The predicted molar refractivity (Wildman–Crippen MR) is 144 cm³/mol. The lowest BCUT2D eigenvalue weighted by Gasteiger charge is -2.72. The third-order valence-electron chi connectivity index (χ3n) is 12.2. The Morgan fingerprint density at radius 1 is 1.08 bits per heavy atom. The van der Waals surface area contributed by atoms with E-state index in [4.69, 9.17) is 18.9 Å².